The molecule has 2 saturated heterocycles. The molecule has 0 saturated carbocycles. The number of hydrogen-bond donors (Lipinski definition) is 1. The number of piperidine rings is 1. The van der Waals surface area contributed by atoms with Gasteiger partial charge >= 0.3 is 5.97 Å². The number of nitrogens with one attached hydrogen (secondary N) is 1. The molecule has 0 unspecified atom stereocenters. The Bertz CT molecular complexity index is 2280. The molecule has 3 heterocycles. The van der Waals surface area contributed by atoms with Gasteiger partial charge in [-0.1, -0.05) is 52.5 Å². The van der Waals surface area contributed by atoms with Crippen molar-refractivity contribution < 1.29 is 9.53 Å². The van der Waals surface area contributed by atoms with Gasteiger partial charge < -0.3 is 14.6 Å². The third-order valence-electron chi connectivity index (χ3n) is 10.2. The van der Waals surface area contributed by atoms with Crippen LogP contribution < -0.4 is 10.7 Å². The molecule has 53 heavy (non-hydrogen) atoms. The number of nitrogens with zero attached hydrogens (tertiary/aromatic N) is 4. The first kappa shape index (κ1) is 36.7. The molecule has 3 aliphatic heterocycles. The average Bonchev–Trinajstić information content (AvgIpc) is 3.27. The van der Waals surface area contributed by atoms with E-state index in [1.165, 1.54) is 6.42 Å². The van der Waals surface area contributed by atoms with Gasteiger partial charge in [-0.15, -0.1) is 0 Å². The molecule has 1 aliphatic carbocycles. The first-order chi connectivity index (χ1) is 25.5. The minimum absolute atomic E-state index is 0.130. The first-order valence-electron chi connectivity index (χ1n) is 18.3. The van der Waals surface area contributed by atoms with E-state index >= 15 is 0 Å². The normalized spacial score (nSPS) is 18.6. The molecule has 8 rings (SSSR count). The zero-order valence-electron chi connectivity index (χ0n) is 30.9. The number of carbonyl (C=O) groups is 1. The number of benzene rings is 5. The van der Waals surface area contributed by atoms with Crippen molar-refractivity contribution in [1.29, 1.82) is 0 Å². The molecule has 4 aliphatic rings. The van der Waals surface area contributed by atoms with Gasteiger partial charge in [-0.3, -0.25) is 9.89 Å². The Morgan fingerprint density at radius 3 is 2.26 bits per heavy atom. The number of ether oxygens (including phenoxy) is 1. The molecule has 0 spiro atoms. The molecule has 1 N–H and O–H groups in total. The summed E-state index contributed by atoms with van der Waals surface area (Å²) in [4.78, 5) is 24.7. The Hall–Kier alpha value is -4.69. The van der Waals surface area contributed by atoms with Gasteiger partial charge in [-0.05, 0) is 139 Å². The van der Waals surface area contributed by atoms with E-state index in [1.54, 1.807) is 0 Å². The number of para-hydroxylation sites is 2. The SMILES string of the molecule is CC(C)N=c1cc2n(-c3ccc(Cl)cc3)c3ccccc3nc-2cc1Nc1ccc(Cl)cc1.Cc1cc(C)cc(C(=O)O[C@]23CCC[C@H](CC2)N3C)c1. The van der Waals surface area contributed by atoms with Crippen LogP contribution in [0.15, 0.2) is 108 Å². The van der Waals surface area contributed by atoms with Gasteiger partial charge in [-0.25, -0.2) is 9.78 Å². The second kappa shape index (κ2) is 15.3. The van der Waals surface area contributed by atoms with Crippen molar-refractivity contribution in [2.24, 2.45) is 4.99 Å². The summed E-state index contributed by atoms with van der Waals surface area (Å²) in [6, 6.07) is 34.4. The molecular formula is C44H45Cl2N5O2. The second-order valence-electron chi connectivity index (χ2n) is 14.5. The Morgan fingerprint density at radius 2 is 1.57 bits per heavy atom. The van der Waals surface area contributed by atoms with Crippen LogP contribution in [0.2, 0.25) is 10.0 Å². The topological polar surface area (TPSA) is 71.8 Å². The lowest BCUT2D eigenvalue weighted by molar-refractivity contribution is -0.116. The van der Waals surface area contributed by atoms with Crippen LogP contribution in [0.5, 0.6) is 0 Å². The van der Waals surface area contributed by atoms with Gasteiger partial charge in [0.25, 0.3) is 0 Å². The highest BCUT2D eigenvalue weighted by Crippen LogP contribution is 2.44. The standard InChI is InChI=1S/C27H22Cl2N4.C17H23NO2/c1-17(2)30-24-16-27-25(15-23(24)31-20-11-7-18(28)8-12-20)32-22-5-3-4-6-26(22)33(27)21-13-9-19(29)10-14-21;1-12-9-13(2)11-14(10-12)16(19)20-17-7-4-5-15(6-8-17)18(17)3/h3-17,31H,1-2H3;9-11,15H,4-8H2,1-3H3/t;15-,17-/m.1/s1. The minimum atomic E-state index is -0.350. The van der Waals surface area contributed by atoms with Gasteiger partial charge in [-0.2, -0.15) is 0 Å². The number of esters is 1. The predicted molar refractivity (Wildman–Crippen MR) is 217 cm³/mol. The molecule has 2 bridgehead atoms. The van der Waals surface area contributed by atoms with E-state index in [4.69, 9.17) is 37.9 Å². The summed E-state index contributed by atoms with van der Waals surface area (Å²) in [7, 11) is 2.10. The minimum Gasteiger partial charge on any atom is -0.440 e. The van der Waals surface area contributed by atoms with E-state index in [2.05, 4.69) is 59.9 Å². The van der Waals surface area contributed by atoms with Crippen molar-refractivity contribution in [2.75, 3.05) is 12.4 Å². The van der Waals surface area contributed by atoms with Crippen LogP contribution >= 0.6 is 23.2 Å². The fraction of sp³-hybridized carbons (Fsp3) is 0.295. The van der Waals surface area contributed by atoms with Crippen LogP contribution in [-0.2, 0) is 4.74 Å². The number of carbonyl (C=O) groups excluding carboxylic acids is 1. The zero-order chi connectivity index (χ0) is 37.3. The van der Waals surface area contributed by atoms with E-state index in [0.717, 1.165) is 81.7 Å². The van der Waals surface area contributed by atoms with Crippen LogP contribution in [0.1, 0.15) is 67.4 Å². The molecule has 2 fully saturated rings. The molecule has 9 heteroatoms. The van der Waals surface area contributed by atoms with E-state index in [9.17, 15) is 4.79 Å². The van der Waals surface area contributed by atoms with Crippen LogP contribution in [0.25, 0.3) is 28.1 Å². The third-order valence-corrected chi connectivity index (χ3v) is 10.7. The van der Waals surface area contributed by atoms with Gasteiger partial charge in [0.15, 0.2) is 5.72 Å². The highest BCUT2D eigenvalue weighted by molar-refractivity contribution is 6.30. The van der Waals surface area contributed by atoms with Crippen molar-refractivity contribution in [2.45, 2.75) is 77.6 Å². The number of rotatable bonds is 6. The average molecular weight is 747 g/mol. The number of aromatic nitrogens is 2. The van der Waals surface area contributed by atoms with Crippen LogP contribution in [0.4, 0.5) is 11.4 Å². The highest BCUT2D eigenvalue weighted by Gasteiger charge is 2.49. The summed E-state index contributed by atoms with van der Waals surface area (Å²) >= 11 is 12.2. The lowest BCUT2D eigenvalue weighted by Gasteiger charge is -2.41. The van der Waals surface area contributed by atoms with E-state index in [1.807, 2.05) is 92.7 Å². The smallest absolute Gasteiger partial charge is 0.339 e. The quantitative estimate of drug-likeness (QED) is 0.136. The second-order valence-corrected chi connectivity index (χ2v) is 15.4. The van der Waals surface area contributed by atoms with Crippen molar-refractivity contribution in [1.82, 2.24) is 14.5 Å². The predicted octanol–water partition coefficient (Wildman–Crippen LogP) is 10.9. The van der Waals surface area contributed by atoms with E-state index in [-0.39, 0.29) is 17.7 Å². The summed E-state index contributed by atoms with van der Waals surface area (Å²) in [5.41, 5.74) is 9.14. The molecule has 2 atom stereocenters. The largest absolute Gasteiger partial charge is 0.440 e. The maximum atomic E-state index is 12.5. The fourth-order valence-corrected chi connectivity index (χ4v) is 7.98. The molecule has 272 valence electrons. The lowest BCUT2D eigenvalue weighted by atomic mass is 10.00. The monoisotopic (exact) mass is 745 g/mol. The molecule has 0 radical (unpaired) electrons. The molecule has 0 amide bonds. The number of aryl methyl sites for hydroxylation is 2. The summed E-state index contributed by atoms with van der Waals surface area (Å²) in [5.74, 6) is -0.175. The highest BCUT2D eigenvalue weighted by atomic mass is 35.5. The van der Waals surface area contributed by atoms with Gasteiger partial charge in [0.2, 0.25) is 0 Å². The molecule has 4 aromatic rings. The van der Waals surface area contributed by atoms with Crippen molar-refractivity contribution in [3.63, 3.8) is 0 Å². The molecule has 0 aromatic heterocycles. The van der Waals surface area contributed by atoms with Crippen LogP contribution in [-0.4, -0.2) is 45.3 Å². The number of anilines is 2. The van der Waals surface area contributed by atoms with Gasteiger partial charge in [0.1, 0.15) is 0 Å². The zero-order valence-corrected chi connectivity index (χ0v) is 32.4. The molecule has 4 aromatic carbocycles. The summed E-state index contributed by atoms with van der Waals surface area (Å²) < 4.78 is 8.17. The number of fused-ring (bicyclic) bond motifs is 4. The molecule has 7 nitrogen and oxygen atoms in total. The van der Waals surface area contributed by atoms with Gasteiger partial charge in [0.05, 0.1) is 39.0 Å². The van der Waals surface area contributed by atoms with E-state index in [0.29, 0.717) is 21.7 Å². The fourth-order valence-electron chi connectivity index (χ4n) is 7.73. The maximum absolute atomic E-state index is 12.5. The number of halogens is 2. The molecular weight excluding hydrogens is 701 g/mol. The number of hydrogen-bond acceptors (Lipinski definition) is 6. The maximum Gasteiger partial charge on any atom is 0.339 e. The van der Waals surface area contributed by atoms with Crippen molar-refractivity contribution >= 4 is 51.6 Å². The summed E-state index contributed by atoms with van der Waals surface area (Å²) in [5, 5.41) is 5.76. The van der Waals surface area contributed by atoms with Crippen LogP contribution in [0, 0.1) is 13.8 Å². The third kappa shape index (κ3) is 7.98. The Kier molecular flexibility index (Phi) is 10.6. The van der Waals surface area contributed by atoms with Crippen LogP contribution in [0.3, 0.4) is 0 Å². The van der Waals surface area contributed by atoms with E-state index < -0.39 is 0 Å². The van der Waals surface area contributed by atoms with Crippen molar-refractivity contribution in [3.8, 4) is 17.1 Å². The Morgan fingerprint density at radius 1 is 0.887 bits per heavy atom. The van der Waals surface area contributed by atoms with Crippen molar-refractivity contribution in [3.05, 3.63) is 135 Å². The summed E-state index contributed by atoms with van der Waals surface area (Å²) in [6.45, 7) is 8.17. The first-order valence-corrected chi connectivity index (χ1v) is 19.1. The lowest BCUT2D eigenvalue weighted by Crippen LogP contribution is -2.50. The summed E-state index contributed by atoms with van der Waals surface area (Å²) in [6.07, 6.45) is 5.49. The Labute approximate surface area is 321 Å². The van der Waals surface area contributed by atoms with Gasteiger partial charge in [0, 0.05) is 46.3 Å². The Balaban J connectivity index is 0.000000186.